The Labute approximate surface area is 63.2 Å². The third kappa shape index (κ3) is 4.13. The minimum Gasteiger partial charge on any atom is -0.274 e. The fraction of sp³-hybridized carbons (Fsp3) is 0.625. The molecule has 0 saturated carbocycles. The Morgan fingerprint density at radius 2 is 2.20 bits per heavy atom. The number of unbranched alkanes of at least 4 members (excludes halogenated alkanes) is 1. The van der Waals surface area contributed by atoms with Crippen molar-refractivity contribution in [3.63, 3.8) is 0 Å². The number of hydrogen-bond acceptors (Lipinski definition) is 2. The van der Waals surface area contributed by atoms with Crippen molar-refractivity contribution in [2.45, 2.75) is 26.7 Å². The first-order valence-corrected chi connectivity index (χ1v) is 3.75. The maximum Gasteiger partial charge on any atom is 0.0380 e. The van der Waals surface area contributed by atoms with Gasteiger partial charge in [-0.1, -0.05) is 19.4 Å². The standard InChI is InChI=1S/C8H16N2/c1-4-6-7-8-10(5-2)9-3/h7-8H,3-6H2,1-2H3/b8-7-. The number of allylic oxidation sites excluding steroid dienone is 1. The molecule has 0 aromatic heterocycles. The predicted octanol–water partition coefficient (Wildman–Crippen LogP) is 2.24. The van der Waals surface area contributed by atoms with Gasteiger partial charge in [0.1, 0.15) is 0 Å². The van der Waals surface area contributed by atoms with E-state index < -0.39 is 0 Å². The molecule has 0 aliphatic carbocycles. The van der Waals surface area contributed by atoms with E-state index in [2.05, 4.69) is 24.8 Å². The van der Waals surface area contributed by atoms with E-state index in [4.69, 9.17) is 0 Å². The van der Waals surface area contributed by atoms with E-state index in [0.717, 1.165) is 13.0 Å². The second-order valence-corrected chi connectivity index (χ2v) is 2.07. The van der Waals surface area contributed by atoms with Gasteiger partial charge in [-0.25, -0.2) is 0 Å². The third-order valence-electron chi connectivity index (χ3n) is 1.24. The maximum absolute atomic E-state index is 3.77. The lowest BCUT2D eigenvalue weighted by molar-refractivity contribution is 0.424. The highest BCUT2D eigenvalue weighted by atomic mass is 15.4. The van der Waals surface area contributed by atoms with Crippen LogP contribution in [0.1, 0.15) is 26.7 Å². The Kier molecular flexibility index (Phi) is 5.83. The average Bonchev–Trinajstić information content (AvgIpc) is 1.99. The molecule has 0 fully saturated rings. The molecule has 0 aromatic carbocycles. The second kappa shape index (κ2) is 6.33. The third-order valence-corrected chi connectivity index (χ3v) is 1.24. The topological polar surface area (TPSA) is 15.6 Å². The summed E-state index contributed by atoms with van der Waals surface area (Å²) in [6.07, 6.45) is 6.38. The first-order valence-electron chi connectivity index (χ1n) is 3.75. The Morgan fingerprint density at radius 3 is 2.60 bits per heavy atom. The largest absolute Gasteiger partial charge is 0.274 e. The molecule has 0 N–H and O–H groups in total. The molecule has 2 heteroatoms. The highest BCUT2D eigenvalue weighted by Crippen LogP contribution is 1.93. The maximum atomic E-state index is 3.77. The van der Waals surface area contributed by atoms with Crippen LogP contribution in [0.4, 0.5) is 0 Å². The molecule has 58 valence electrons. The van der Waals surface area contributed by atoms with Gasteiger partial charge in [-0.15, -0.1) is 0 Å². The fourth-order valence-corrected chi connectivity index (χ4v) is 0.615. The second-order valence-electron chi connectivity index (χ2n) is 2.07. The first-order chi connectivity index (χ1) is 4.85. The van der Waals surface area contributed by atoms with Crippen molar-refractivity contribution < 1.29 is 0 Å². The fourth-order valence-electron chi connectivity index (χ4n) is 0.615. The van der Waals surface area contributed by atoms with Gasteiger partial charge in [0, 0.05) is 19.5 Å². The zero-order valence-electron chi connectivity index (χ0n) is 6.88. The van der Waals surface area contributed by atoms with Crippen LogP contribution < -0.4 is 0 Å². The van der Waals surface area contributed by atoms with Crippen LogP contribution in [0.5, 0.6) is 0 Å². The molecule has 0 unspecified atom stereocenters. The molecular formula is C8H16N2. The normalized spacial score (nSPS) is 10.2. The van der Waals surface area contributed by atoms with Crippen LogP contribution in [0.25, 0.3) is 0 Å². The molecule has 0 aromatic rings. The molecule has 0 amide bonds. The molecular weight excluding hydrogens is 124 g/mol. The van der Waals surface area contributed by atoms with E-state index in [0.29, 0.717) is 0 Å². The van der Waals surface area contributed by atoms with Crippen molar-refractivity contribution in [2.24, 2.45) is 5.10 Å². The van der Waals surface area contributed by atoms with Crippen LogP contribution in [0, 0.1) is 0 Å². The number of rotatable bonds is 5. The number of nitrogens with zero attached hydrogens (tertiary/aromatic N) is 2. The van der Waals surface area contributed by atoms with E-state index in [9.17, 15) is 0 Å². The smallest absolute Gasteiger partial charge is 0.0380 e. The van der Waals surface area contributed by atoms with Gasteiger partial charge in [0.15, 0.2) is 0 Å². The van der Waals surface area contributed by atoms with Gasteiger partial charge in [-0.05, 0) is 13.3 Å². The minimum atomic E-state index is 0.893. The van der Waals surface area contributed by atoms with E-state index in [-0.39, 0.29) is 0 Å². The molecule has 0 aliphatic heterocycles. The Balaban J connectivity index is 3.50. The van der Waals surface area contributed by atoms with Gasteiger partial charge in [-0.2, -0.15) is 5.10 Å². The van der Waals surface area contributed by atoms with Gasteiger partial charge in [-0.3, -0.25) is 5.01 Å². The molecule has 0 radical (unpaired) electrons. The lowest BCUT2D eigenvalue weighted by Gasteiger charge is -2.08. The van der Waals surface area contributed by atoms with Crippen LogP contribution in [-0.2, 0) is 0 Å². The monoisotopic (exact) mass is 140 g/mol. The summed E-state index contributed by atoms with van der Waals surface area (Å²) in [6.45, 7) is 8.53. The predicted molar refractivity (Wildman–Crippen MR) is 46.0 cm³/mol. The lowest BCUT2D eigenvalue weighted by atomic mass is 10.3. The van der Waals surface area contributed by atoms with Crippen molar-refractivity contribution in [3.8, 4) is 0 Å². The van der Waals surface area contributed by atoms with Gasteiger partial charge in [0.05, 0.1) is 0 Å². The average molecular weight is 140 g/mol. The summed E-state index contributed by atoms with van der Waals surface area (Å²) in [5, 5.41) is 5.59. The molecule has 0 atom stereocenters. The van der Waals surface area contributed by atoms with Crippen molar-refractivity contribution in [3.05, 3.63) is 12.3 Å². The highest BCUT2D eigenvalue weighted by molar-refractivity contribution is 5.22. The molecule has 0 heterocycles. The summed E-state index contributed by atoms with van der Waals surface area (Å²) in [7, 11) is 0. The first kappa shape index (κ1) is 9.21. The van der Waals surface area contributed by atoms with Gasteiger partial charge >= 0.3 is 0 Å². The molecule has 10 heavy (non-hydrogen) atoms. The molecule has 0 saturated heterocycles. The van der Waals surface area contributed by atoms with E-state index in [1.807, 2.05) is 18.1 Å². The number of hydrazone groups is 1. The van der Waals surface area contributed by atoms with Crippen LogP contribution in [0.15, 0.2) is 17.4 Å². The summed E-state index contributed by atoms with van der Waals surface area (Å²) in [5.41, 5.74) is 0. The van der Waals surface area contributed by atoms with Gasteiger partial charge in [0.25, 0.3) is 0 Å². The highest BCUT2D eigenvalue weighted by Gasteiger charge is 1.84. The summed E-state index contributed by atoms with van der Waals surface area (Å²) < 4.78 is 0. The Morgan fingerprint density at radius 1 is 1.50 bits per heavy atom. The van der Waals surface area contributed by atoms with Crippen molar-refractivity contribution in [1.29, 1.82) is 0 Å². The number of hydrogen-bond donors (Lipinski definition) is 0. The van der Waals surface area contributed by atoms with Crippen LogP contribution in [0.3, 0.4) is 0 Å². The van der Waals surface area contributed by atoms with Gasteiger partial charge < -0.3 is 0 Å². The molecule has 0 aliphatic rings. The summed E-state index contributed by atoms with van der Waals surface area (Å²) >= 11 is 0. The van der Waals surface area contributed by atoms with E-state index in [1.54, 1.807) is 0 Å². The minimum absolute atomic E-state index is 0.893. The van der Waals surface area contributed by atoms with E-state index >= 15 is 0 Å². The quantitative estimate of drug-likeness (QED) is 0.422. The van der Waals surface area contributed by atoms with E-state index in [1.165, 1.54) is 6.42 Å². The zero-order chi connectivity index (χ0) is 7.82. The Bertz CT molecular complexity index is 108. The van der Waals surface area contributed by atoms with Gasteiger partial charge in [0.2, 0.25) is 0 Å². The SMILES string of the molecule is C=NN(/C=C\CCC)CC. The van der Waals surface area contributed by atoms with Crippen LogP contribution >= 0.6 is 0 Å². The zero-order valence-corrected chi connectivity index (χ0v) is 6.88. The van der Waals surface area contributed by atoms with Crippen molar-refractivity contribution >= 4 is 6.72 Å². The van der Waals surface area contributed by atoms with Crippen LogP contribution in [-0.4, -0.2) is 18.3 Å². The summed E-state index contributed by atoms with van der Waals surface area (Å²) in [5.74, 6) is 0. The summed E-state index contributed by atoms with van der Waals surface area (Å²) in [6, 6.07) is 0. The molecule has 0 spiro atoms. The van der Waals surface area contributed by atoms with Crippen molar-refractivity contribution in [1.82, 2.24) is 5.01 Å². The molecule has 2 nitrogen and oxygen atoms in total. The van der Waals surface area contributed by atoms with Crippen molar-refractivity contribution in [2.75, 3.05) is 6.54 Å². The molecule has 0 bridgehead atoms. The summed E-state index contributed by atoms with van der Waals surface area (Å²) in [4.78, 5) is 0. The molecule has 0 rings (SSSR count). The Hall–Kier alpha value is -0.790. The van der Waals surface area contributed by atoms with Crippen LogP contribution in [0.2, 0.25) is 0 Å². The lowest BCUT2D eigenvalue weighted by Crippen LogP contribution is -2.06.